The Balaban J connectivity index is 1.63. The van der Waals surface area contributed by atoms with Crippen LogP contribution >= 0.6 is 7.60 Å². The van der Waals surface area contributed by atoms with Crippen LogP contribution in [0.3, 0.4) is 0 Å². The van der Waals surface area contributed by atoms with Gasteiger partial charge in [0.15, 0.2) is 0 Å². The normalized spacial score (nSPS) is 15.9. The molecule has 0 fully saturated rings. The van der Waals surface area contributed by atoms with Crippen LogP contribution in [-0.2, 0) is 25.0 Å². The quantitative estimate of drug-likeness (QED) is 0.471. The van der Waals surface area contributed by atoms with Crippen LogP contribution in [0.5, 0.6) is 0 Å². The molecule has 0 saturated heterocycles. The summed E-state index contributed by atoms with van der Waals surface area (Å²) in [4.78, 5) is 25.4. The molecule has 1 aliphatic heterocycles. The highest BCUT2D eigenvalue weighted by Crippen LogP contribution is 2.47. The van der Waals surface area contributed by atoms with E-state index in [-0.39, 0.29) is 30.3 Å². The number of ketones is 1. The van der Waals surface area contributed by atoms with Crippen molar-refractivity contribution < 1.29 is 23.2 Å². The average Bonchev–Trinajstić information content (AvgIpc) is 3.30. The summed E-state index contributed by atoms with van der Waals surface area (Å²) >= 11 is 0. The van der Waals surface area contributed by atoms with E-state index >= 15 is 0 Å². The second-order valence-electron chi connectivity index (χ2n) is 6.79. The van der Waals surface area contributed by atoms with Gasteiger partial charge in [-0.2, -0.15) is 0 Å². The summed E-state index contributed by atoms with van der Waals surface area (Å²) in [7, 11) is -3.18. The van der Waals surface area contributed by atoms with Crippen molar-refractivity contribution in [3.05, 3.63) is 59.4 Å². The molecule has 156 valence electrons. The molecule has 0 saturated carbocycles. The molecule has 0 spiro atoms. The number of fused-ring (bicyclic) bond motifs is 1. The molecule has 0 radical (unpaired) electrons. The molecule has 1 atom stereocenters. The number of hydrogen-bond acceptors (Lipinski definition) is 5. The Bertz CT molecular complexity index is 899. The highest BCUT2D eigenvalue weighted by atomic mass is 31.2. The molecule has 3 rings (SSSR count). The highest BCUT2D eigenvalue weighted by molar-refractivity contribution is 7.53. The molecular weight excluding hydrogens is 391 g/mol. The minimum Gasteiger partial charge on any atom is -0.355 e. The van der Waals surface area contributed by atoms with Crippen molar-refractivity contribution in [1.82, 2.24) is 9.88 Å². The van der Waals surface area contributed by atoms with Gasteiger partial charge < -0.3 is 18.9 Å². The molecule has 8 heteroatoms. The van der Waals surface area contributed by atoms with E-state index in [0.717, 1.165) is 5.69 Å². The summed E-state index contributed by atoms with van der Waals surface area (Å²) in [6, 6.07) is 12.7. The van der Waals surface area contributed by atoms with Gasteiger partial charge in [-0.05, 0) is 32.4 Å². The predicted octanol–water partition coefficient (Wildman–Crippen LogP) is 3.59. The summed E-state index contributed by atoms with van der Waals surface area (Å²) in [5.74, 6) is -0.515. The lowest BCUT2D eigenvalue weighted by atomic mass is 10.0. The molecule has 0 bridgehead atoms. The fourth-order valence-corrected chi connectivity index (χ4v) is 5.15. The zero-order valence-corrected chi connectivity index (χ0v) is 17.7. The fourth-order valence-electron chi connectivity index (χ4n) is 3.64. The molecule has 0 aliphatic carbocycles. The Morgan fingerprint density at radius 1 is 1.10 bits per heavy atom. The number of rotatable bonds is 10. The molecule has 1 amide bonds. The third kappa shape index (κ3) is 4.86. The SMILES string of the molecule is CCOP(=O)(CCNC(=O)C1CCn2c(C(=O)c3ccccc3)ccc21)OCC. The van der Waals surface area contributed by atoms with Crippen LogP contribution in [0, 0.1) is 0 Å². The van der Waals surface area contributed by atoms with E-state index < -0.39 is 7.60 Å². The van der Waals surface area contributed by atoms with E-state index in [1.807, 2.05) is 28.8 Å². The Morgan fingerprint density at radius 3 is 2.45 bits per heavy atom. The third-order valence-corrected chi connectivity index (χ3v) is 7.01. The van der Waals surface area contributed by atoms with Crippen LogP contribution in [0.2, 0.25) is 0 Å². The lowest BCUT2D eigenvalue weighted by molar-refractivity contribution is -0.122. The molecule has 2 heterocycles. The molecule has 1 N–H and O–H groups in total. The molecule has 1 aliphatic rings. The summed E-state index contributed by atoms with van der Waals surface area (Å²) in [5.41, 5.74) is 2.06. The van der Waals surface area contributed by atoms with E-state index in [1.165, 1.54) is 0 Å². The minimum absolute atomic E-state index is 0.0488. The first kappa shape index (κ1) is 21.5. The first-order valence-electron chi connectivity index (χ1n) is 9.94. The summed E-state index contributed by atoms with van der Waals surface area (Å²) in [5, 5.41) is 2.84. The van der Waals surface area contributed by atoms with Gasteiger partial charge in [0.25, 0.3) is 0 Å². The lowest BCUT2D eigenvalue weighted by Gasteiger charge is -2.17. The maximum atomic E-state index is 12.8. The Kier molecular flexibility index (Phi) is 7.06. The summed E-state index contributed by atoms with van der Waals surface area (Å²) < 4.78 is 24.9. The van der Waals surface area contributed by atoms with E-state index in [0.29, 0.717) is 37.4 Å². The van der Waals surface area contributed by atoms with Gasteiger partial charge in [-0.25, -0.2) is 0 Å². The zero-order chi connectivity index (χ0) is 20.9. The van der Waals surface area contributed by atoms with Crippen molar-refractivity contribution in [2.75, 3.05) is 25.9 Å². The van der Waals surface area contributed by atoms with Gasteiger partial charge >= 0.3 is 7.60 Å². The zero-order valence-electron chi connectivity index (χ0n) is 16.8. The smallest absolute Gasteiger partial charge is 0.332 e. The van der Waals surface area contributed by atoms with Crippen molar-refractivity contribution in [2.45, 2.75) is 32.7 Å². The largest absolute Gasteiger partial charge is 0.355 e. The van der Waals surface area contributed by atoms with Gasteiger partial charge in [0.05, 0.1) is 31.0 Å². The second kappa shape index (κ2) is 9.53. The Hall–Kier alpha value is -2.21. The molecule has 7 nitrogen and oxygen atoms in total. The molecule has 1 aromatic heterocycles. The van der Waals surface area contributed by atoms with Gasteiger partial charge in [-0.3, -0.25) is 14.2 Å². The summed E-state index contributed by atoms with van der Waals surface area (Å²) in [6.07, 6.45) is 0.761. The van der Waals surface area contributed by atoms with Gasteiger partial charge in [-0.15, -0.1) is 0 Å². The standard InChI is InChI=1S/C21H27N2O5P/c1-3-27-29(26,28-4-2)15-13-22-21(25)17-12-14-23-18(17)10-11-19(23)20(24)16-8-6-5-7-9-16/h5-11,17H,3-4,12-15H2,1-2H3,(H,22,25). The topological polar surface area (TPSA) is 86.6 Å². The van der Waals surface area contributed by atoms with Gasteiger partial charge in [0, 0.05) is 24.3 Å². The number of carbonyl (C=O) groups is 2. The Morgan fingerprint density at radius 2 is 1.79 bits per heavy atom. The third-order valence-electron chi connectivity index (χ3n) is 4.93. The van der Waals surface area contributed by atoms with Crippen molar-refractivity contribution in [3.8, 4) is 0 Å². The van der Waals surface area contributed by atoms with Crippen LogP contribution in [0.15, 0.2) is 42.5 Å². The summed E-state index contributed by atoms with van der Waals surface area (Å²) in [6.45, 7) is 4.92. The fraction of sp³-hybridized carbons (Fsp3) is 0.429. The van der Waals surface area contributed by atoms with Gasteiger partial charge in [0.2, 0.25) is 11.7 Å². The van der Waals surface area contributed by atoms with E-state index in [4.69, 9.17) is 9.05 Å². The molecule has 29 heavy (non-hydrogen) atoms. The van der Waals surface area contributed by atoms with E-state index in [9.17, 15) is 14.2 Å². The lowest BCUT2D eigenvalue weighted by Crippen LogP contribution is -2.31. The number of aromatic nitrogens is 1. The first-order valence-corrected chi connectivity index (χ1v) is 11.7. The predicted molar refractivity (Wildman–Crippen MR) is 110 cm³/mol. The number of amides is 1. The van der Waals surface area contributed by atoms with Crippen LogP contribution in [0.1, 0.15) is 47.9 Å². The highest BCUT2D eigenvalue weighted by Gasteiger charge is 2.32. The number of benzene rings is 1. The second-order valence-corrected chi connectivity index (χ2v) is 8.98. The molecule has 1 unspecified atom stereocenters. The maximum absolute atomic E-state index is 12.8. The van der Waals surface area contributed by atoms with E-state index in [1.54, 1.807) is 32.0 Å². The number of hydrogen-bond donors (Lipinski definition) is 1. The number of nitrogens with one attached hydrogen (secondary N) is 1. The van der Waals surface area contributed by atoms with E-state index in [2.05, 4.69) is 5.32 Å². The molecule has 2 aromatic rings. The van der Waals surface area contributed by atoms with Crippen molar-refractivity contribution in [2.24, 2.45) is 0 Å². The van der Waals surface area contributed by atoms with Crippen molar-refractivity contribution >= 4 is 19.3 Å². The van der Waals surface area contributed by atoms with Gasteiger partial charge in [-0.1, -0.05) is 30.3 Å². The number of carbonyl (C=O) groups excluding carboxylic acids is 2. The molecular formula is C21H27N2O5P. The average molecular weight is 418 g/mol. The Labute approximate surface area is 170 Å². The van der Waals surface area contributed by atoms with Crippen LogP contribution in [-0.4, -0.2) is 42.2 Å². The van der Waals surface area contributed by atoms with Crippen molar-refractivity contribution in [3.63, 3.8) is 0 Å². The monoisotopic (exact) mass is 418 g/mol. The van der Waals surface area contributed by atoms with Crippen LogP contribution in [0.4, 0.5) is 0 Å². The molecule has 1 aromatic carbocycles. The first-order chi connectivity index (χ1) is 14.0. The minimum atomic E-state index is -3.18. The van der Waals surface area contributed by atoms with Crippen LogP contribution in [0.25, 0.3) is 0 Å². The van der Waals surface area contributed by atoms with Gasteiger partial charge in [0.1, 0.15) is 0 Å². The van der Waals surface area contributed by atoms with Crippen LogP contribution < -0.4 is 5.32 Å². The maximum Gasteiger partial charge on any atom is 0.332 e. The number of nitrogens with zero attached hydrogens (tertiary/aromatic N) is 1. The van der Waals surface area contributed by atoms with Crippen molar-refractivity contribution in [1.29, 1.82) is 0 Å².